The number of ether oxygens (including phenoxy) is 2. The van der Waals surface area contributed by atoms with Crippen molar-refractivity contribution in [2.24, 2.45) is 0 Å². The molecule has 0 spiro atoms. The van der Waals surface area contributed by atoms with Crippen LogP contribution in [0.25, 0.3) is 6.08 Å². The highest BCUT2D eigenvalue weighted by Gasteiger charge is 2.10. The molecule has 0 bridgehead atoms. The van der Waals surface area contributed by atoms with E-state index in [4.69, 9.17) is 9.47 Å². The van der Waals surface area contributed by atoms with Crippen LogP contribution in [0.2, 0.25) is 0 Å². The largest absolute Gasteiger partial charge is 0.493 e. The zero-order valence-electron chi connectivity index (χ0n) is 14.2. The molecule has 1 amide bonds. The van der Waals surface area contributed by atoms with Gasteiger partial charge in [-0.15, -0.1) is 0 Å². The van der Waals surface area contributed by atoms with Gasteiger partial charge in [0.2, 0.25) is 0 Å². The van der Waals surface area contributed by atoms with Gasteiger partial charge >= 0.3 is 0 Å². The zero-order chi connectivity index (χ0) is 17.2. The normalized spacial score (nSPS) is 11.0. The third-order valence-corrected chi connectivity index (χ3v) is 3.04. The minimum absolute atomic E-state index is 0.0318. The Morgan fingerprint density at radius 1 is 1.39 bits per heavy atom. The van der Waals surface area contributed by atoms with Crippen molar-refractivity contribution in [3.05, 3.63) is 29.3 Å². The molecular formula is C18H24N2O3. The lowest BCUT2D eigenvalue weighted by atomic mass is 10.1. The van der Waals surface area contributed by atoms with Gasteiger partial charge in [-0.1, -0.05) is 19.4 Å². The molecule has 1 N–H and O–H groups in total. The molecule has 5 heteroatoms. The number of nitrogens with one attached hydrogen (secondary N) is 1. The molecule has 0 saturated carbocycles. The number of amides is 1. The summed E-state index contributed by atoms with van der Waals surface area (Å²) in [5.41, 5.74) is 0.779. The van der Waals surface area contributed by atoms with Crippen molar-refractivity contribution in [1.82, 2.24) is 5.32 Å². The van der Waals surface area contributed by atoms with E-state index in [0.717, 1.165) is 12.8 Å². The molecule has 0 aliphatic carbocycles. The monoisotopic (exact) mass is 316 g/mol. The van der Waals surface area contributed by atoms with E-state index >= 15 is 0 Å². The molecule has 5 nitrogen and oxygen atoms in total. The van der Waals surface area contributed by atoms with Gasteiger partial charge in [-0.25, -0.2) is 0 Å². The smallest absolute Gasteiger partial charge is 0.261 e. The Bertz CT molecular complexity index is 601. The first-order chi connectivity index (χ1) is 11.0. The number of carbonyl (C=O) groups excluding carboxylic acids is 1. The molecule has 1 rings (SSSR count). The molecule has 0 fully saturated rings. The molecule has 0 aliphatic rings. The lowest BCUT2D eigenvalue weighted by Gasteiger charge is -2.13. The molecule has 0 heterocycles. The highest BCUT2D eigenvalue weighted by molar-refractivity contribution is 6.01. The topological polar surface area (TPSA) is 71.4 Å². The van der Waals surface area contributed by atoms with Crippen LogP contribution in [-0.2, 0) is 4.79 Å². The van der Waals surface area contributed by atoms with E-state index in [2.05, 4.69) is 5.32 Å². The highest BCUT2D eigenvalue weighted by Crippen LogP contribution is 2.29. The van der Waals surface area contributed by atoms with Crippen molar-refractivity contribution in [3.63, 3.8) is 0 Å². The van der Waals surface area contributed by atoms with Crippen LogP contribution in [0.3, 0.4) is 0 Å². The molecule has 1 aromatic rings. The molecule has 124 valence electrons. The maximum Gasteiger partial charge on any atom is 0.261 e. The summed E-state index contributed by atoms with van der Waals surface area (Å²) < 4.78 is 10.9. The van der Waals surface area contributed by atoms with Crippen LogP contribution in [0.5, 0.6) is 11.5 Å². The van der Waals surface area contributed by atoms with Crippen LogP contribution in [-0.4, -0.2) is 25.7 Å². The minimum atomic E-state index is -0.359. The maximum atomic E-state index is 12.0. The number of nitriles is 1. The first kappa shape index (κ1) is 18.6. The molecule has 0 atom stereocenters. The third kappa shape index (κ3) is 6.03. The van der Waals surface area contributed by atoms with E-state index in [-0.39, 0.29) is 17.6 Å². The second kappa shape index (κ2) is 9.52. The van der Waals surface area contributed by atoms with Crippen LogP contribution in [0.1, 0.15) is 39.2 Å². The quantitative estimate of drug-likeness (QED) is 0.454. The van der Waals surface area contributed by atoms with Crippen molar-refractivity contribution in [2.45, 2.75) is 39.7 Å². The Morgan fingerprint density at radius 3 is 2.70 bits per heavy atom. The summed E-state index contributed by atoms with van der Waals surface area (Å²) in [6, 6.07) is 7.24. The summed E-state index contributed by atoms with van der Waals surface area (Å²) >= 11 is 0. The van der Waals surface area contributed by atoms with Gasteiger partial charge in [0.25, 0.3) is 5.91 Å². The van der Waals surface area contributed by atoms with Crippen LogP contribution < -0.4 is 14.8 Å². The summed E-state index contributed by atoms with van der Waals surface area (Å²) in [5.74, 6) is 0.837. The van der Waals surface area contributed by atoms with Crippen molar-refractivity contribution >= 4 is 12.0 Å². The zero-order valence-corrected chi connectivity index (χ0v) is 14.2. The Labute approximate surface area is 137 Å². The molecule has 23 heavy (non-hydrogen) atoms. The lowest BCUT2D eigenvalue weighted by molar-refractivity contribution is -0.117. The predicted octanol–water partition coefficient (Wildman–Crippen LogP) is 3.31. The molecular weight excluding hydrogens is 292 g/mol. The van der Waals surface area contributed by atoms with Crippen LogP contribution in [0.4, 0.5) is 0 Å². The van der Waals surface area contributed by atoms with Crippen molar-refractivity contribution in [3.8, 4) is 17.6 Å². The summed E-state index contributed by atoms with van der Waals surface area (Å²) in [4.78, 5) is 12.0. The van der Waals surface area contributed by atoms with Crippen LogP contribution in [0, 0.1) is 11.3 Å². The molecule has 1 aromatic carbocycles. The molecule has 0 unspecified atom stereocenters. The molecule has 0 radical (unpaired) electrons. The van der Waals surface area contributed by atoms with Crippen LogP contribution in [0.15, 0.2) is 23.8 Å². The SMILES string of the molecule is CCCCNC(=O)/C(C#N)=C\c1ccc(OC(C)C)c(OC)c1. The standard InChI is InChI=1S/C18H24N2O3/c1-5-6-9-20-18(21)15(12-19)10-14-7-8-16(23-13(2)3)17(11-14)22-4/h7-8,10-11,13H,5-6,9H2,1-4H3,(H,20,21)/b15-10-. The Morgan fingerprint density at radius 2 is 2.13 bits per heavy atom. The second-order valence-corrected chi connectivity index (χ2v) is 5.36. The van der Waals surface area contributed by atoms with E-state index < -0.39 is 0 Å². The molecule has 0 saturated heterocycles. The van der Waals surface area contributed by atoms with E-state index in [1.54, 1.807) is 31.4 Å². The van der Waals surface area contributed by atoms with E-state index in [9.17, 15) is 10.1 Å². The average molecular weight is 316 g/mol. The first-order valence-electron chi connectivity index (χ1n) is 7.76. The lowest BCUT2D eigenvalue weighted by Crippen LogP contribution is -2.25. The molecule has 0 aromatic heterocycles. The van der Waals surface area contributed by atoms with Crippen molar-refractivity contribution in [2.75, 3.05) is 13.7 Å². The minimum Gasteiger partial charge on any atom is -0.493 e. The van der Waals surface area contributed by atoms with Crippen molar-refractivity contribution in [1.29, 1.82) is 5.26 Å². The second-order valence-electron chi connectivity index (χ2n) is 5.36. The number of hydrogen-bond donors (Lipinski definition) is 1. The number of benzene rings is 1. The Hall–Kier alpha value is -2.48. The number of nitrogens with zero attached hydrogens (tertiary/aromatic N) is 1. The third-order valence-electron chi connectivity index (χ3n) is 3.04. The number of hydrogen-bond acceptors (Lipinski definition) is 4. The molecule has 0 aliphatic heterocycles. The fourth-order valence-electron chi connectivity index (χ4n) is 1.91. The van der Waals surface area contributed by atoms with Gasteiger partial charge in [0.05, 0.1) is 13.2 Å². The van der Waals surface area contributed by atoms with Crippen molar-refractivity contribution < 1.29 is 14.3 Å². The number of unbranched alkanes of at least 4 members (excludes halogenated alkanes) is 1. The number of methoxy groups -OCH3 is 1. The van der Waals surface area contributed by atoms with Gasteiger partial charge in [0.1, 0.15) is 11.6 Å². The van der Waals surface area contributed by atoms with E-state index in [0.29, 0.717) is 23.6 Å². The fourth-order valence-corrected chi connectivity index (χ4v) is 1.91. The Kier molecular flexibility index (Phi) is 7.69. The Balaban J connectivity index is 2.96. The van der Waals surface area contributed by atoms with E-state index in [1.807, 2.05) is 26.8 Å². The van der Waals surface area contributed by atoms with Gasteiger partial charge in [-0.2, -0.15) is 5.26 Å². The summed E-state index contributed by atoms with van der Waals surface area (Å²) in [6.45, 7) is 6.47. The summed E-state index contributed by atoms with van der Waals surface area (Å²) in [5, 5.41) is 11.9. The van der Waals surface area contributed by atoms with Gasteiger partial charge in [-0.3, -0.25) is 4.79 Å². The highest BCUT2D eigenvalue weighted by atomic mass is 16.5. The summed E-state index contributed by atoms with van der Waals surface area (Å²) in [7, 11) is 1.55. The average Bonchev–Trinajstić information content (AvgIpc) is 2.53. The van der Waals surface area contributed by atoms with Gasteiger partial charge in [0, 0.05) is 6.54 Å². The fraction of sp³-hybridized carbons (Fsp3) is 0.444. The van der Waals surface area contributed by atoms with E-state index in [1.165, 1.54) is 0 Å². The van der Waals surface area contributed by atoms with Gasteiger partial charge in [-0.05, 0) is 44.0 Å². The number of rotatable bonds is 8. The van der Waals surface area contributed by atoms with Crippen LogP contribution >= 0.6 is 0 Å². The predicted molar refractivity (Wildman–Crippen MR) is 90.3 cm³/mol. The number of carbonyl (C=O) groups is 1. The maximum absolute atomic E-state index is 12.0. The first-order valence-corrected chi connectivity index (χ1v) is 7.76. The summed E-state index contributed by atoms with van der Waals surface area (Å²) in [6.07, 6.45) is 3.45. The van der Waals surface area contributed by atoms with Gasteiger partial charge < -0.3 is 14.8 Å². The van der Waals surface area contributed by atoms with Gasteiger partial charge in [0.15, 0.2) is 11.5 Å².